The molecule has 0 amide bonds. The van der Waals surface area contributed by atoms with E-state index in [0.717, 1.165) is 27.7 Å². The molecule has 4 heteroatoms. The zero-order chi connectivity index (χ0) is 16.2. The molecule has 0 saturated carbocycles. The van der Waals surface area contributed by atoms with Crippen LogP contribution >= 0.6 is 0 Å². The summed E-state index contributed by atoms with van der Waals surface area (Å²) in [5, 5.41) is 9.79. The van der Waals surface area contributed by atoms with Crippen LogP contribution in [0.25, 0.3) is 11.0 Å². The molecule has 3 aromatic rings. The molecule has 114 valence electrons. The molecule has 0 aliphatic rings. The van der Waals surface area contributed by atoms with Crippen LogP contribution in [0.1, 0.15) is 22.3 Å². The molecule has 2 aromatic carbocycles. The van der Waals surface area contributed by atoms with Gasteiger partial charge in [-0.15, -0.1) is 0 Å². The standard InChI is InChI=1S/C19H15NO3/c1-13-5-6-17-16(12-22-18(17)7-13)9-19(21)23-11-15-4-2-3-14(8-15)10-20/h2-8,12H,9,11H2,1H3. The van der Waals surface area contributed by atoms with E-state index in [-0.39, 0.29) is 19.0 Å². The highest BCUT2D eigenvalue weighted by molar-refractivity contribution is 5.86. The normalized spacial score (nSPS) is 10.4. The van der Waals surface area contributed by atoms with Crippen LogP contribution in [0.4, 0.5) is 0 Å². The summed E-state index contributed by atoms with van der Waals surface area (Å²) in [5.74, 6) is -0.323. The van der Waals surface area contributed by atoms with Crippen molar-refractivity contribution in [2.75, 3.05) is 0 Å². The quantitative estimate of drug-likeness (QED) is 0.686. The van der Waals surface area contributed by atoms with Gasteiger partial charge in [-0.3, -0.25) is 4.79 Å². The van der Waals surface area contributed by atoms with Crippen molar-refractivity contribution in [2.24, 2.45) is 0 Å². The van der Waals surface area contributed by atoms with E-state index in [4.69, 9.17) is 14.4 Å². The summed E-state index contributed by atoms with van der Waals surface area (Å²) in [6.07, 6.45) is 1.76. The Kier molecular flexibility index (Phi) is 4.11. The van der Waals surface area contributed by atoms with Crippen LogP contribution < -0.4 is 0 Å². The van der Waals surface area contributed by atoms with Crippen molar-refractivity contribution in [2.45, 2.75) is 20.0 Å². The summed E-state index contributed by atoms with van der Waals surface area (Å²) >= 11 is 0. The van der Waals surface area contributed by atoms with Gasteiger partial charge < -0.3 is 9.15 Å². The van der Waals surface area contributed by atoms with E-state index in [1.165, 1.54) is 0 Å². The zero-order valence-electron chi connectivity index (χ0n) is 12.7. The van der Waals surface area contributed by atoms with E-state index in [2.05, 4.69) is 6.07 Å². The van der Waals surface area contributed by atoms with E-state index in [9.17, 15) is 4.79 Å². The molecule has 0 spiro atoms. The third-order valence-corrected chi connectivity index (χ3v) is 3.60. The minimum atomic E-state index is -0.323. The first kappa shape index (κ1) is 14.9. The van der Waals surface area contributed by atoms with E-state index < -0.39 is 0 Å². The van der Waals surface area contributed by atoms with Crippen molar-refractivity contribution >= 4 is 16.9 Å². The van der Waals surface area contributed by atoms with Crippen LogP contribution in [0.5, 0.6) is 0 Å². The summed E-state index contributed by atoms with van der Waals surface area (Å²) < 4.78 is 10.8. The maximum atomic E-state index is 12.0. The van der Waals surface area contributed by atoms with Gasteiger partial charge in [0.2, 0.25) is 0 Å². The maximum Gasteiger partial charge on any atom is 0.310 e. The Labute approximate surface area is 133 Å². The number of furan rings is 1. The number of carbonyl (C=O) groups is 1. The Morgan fingerprint density at radius 1 is 1.26 bits per heavy atom. The van der Waals surface area contributed by atoms with Gasteiger partial charge >= 0.3 is 5.97 Å². The summed E-state index contributed by atoms with van der Waals surface area (Å²) in [6.45, 7) is 2.15. The van der Waals surface area contributed by atoms with Gasteiger partial charge in [-0.2, -0.15) is 5.26 Å². The number of ether oxygens (including phenoxy) is 1. The monoisotopic (exact) mass is 305 g/mol. The smallest absolute Gasteiger partial charge is 0.310 e. The number of fused-ring (bicyclic) bond motifs is 1. The fourth-order valence-corrected chi connectivity index (χ4v) is 2.43. The SMILES string of the molecule is Cc1ccc2c(CC(=O)OCc3cccc(C#N)c3)coc2c1. The number of nitriles is 1. The van der Waals surface area contributed by atoms with Crippen LogP contribution in [0, 0.1) is 18.3 Å². The minimum Gasteiger partial charge on any atom is -0.464 e. The number of nitrogens with zero attached hydrogens (tertiary/aromatic N) is 1. The number of esters is 1. The molecular weight excluding hydrogens is 290 g/mol. The summed E-state index contributed by atoms with van der Waals surface area (Å²) in [5.41, 5.74) is 4.04. The molecule has 1 aromatic heterocycles. The molecule has 1 heterocycles. The zero-order valence-corrected chi connectivity index (χ0v) is 12.7. The van der Waals surface area contributed by atoms with Gasteiger partial charge in [0.25, 0.3) is 0 Å². The Balaban J connectivity index is 1.65. The predicted octanol–water partition coefficient (Wildman–Crippen LogP) is 3.90. The Morgan fingerprint density at radius 2 is 2.13 bits per heavy atom. The first-order valence-corrected chi connectivity index (χ1v) is 7.27. The average Bonchev–Trinajstić information content (AvgIpc) is 2.95. The second-order valence-corrected chi connectivity index (χ2v) is 5.41. The highest BCUT2D eigenvalue weighted by atomic mass is 16.5. The molecule has 0 bridgehead atoms. The topological polar surface area (TPSA) is 63.2 Å². The Bertz CT molecular complexity index is 902. The number of rotatable bonds is 4. The van der Waals surface area contributed by atoms with Crippen LogP contribution in [0.15, 0.2) is 53.1 Å². The third kappa shape index (κ3) is 3.41. The van der Waals surface area contributed by atoms with Gasteiger partial charge in [-0.05, 0) is 36.2 Å². The molecule has 0 N–H and O–H groups in total. The van der Waals surface area contributed by atoms with Crippen molar-refractivity contribution in [3.8, 4) is 6.07 Å². The number of hydrogen-bond donors (Lipinski definition) is 0. The van der Waals surface area contributed by atoms with Crippen LogP contribution in [0.3, 0.4) is 0 Å². The molecule has 0 unspecified atom stereocenters. The van der Waals surface area contributed by atoms with Crippen molar-refractivity contribution < 1.29 is 13.9 Å². The highest BCUT2D eigenvalue weighted by Gasteiger charge is 2.11. The molecule has 0 fully saturated rings. The average molecular weight is 305 g/mol. The highest BCUT2D eigenvalue weighted by Crippen LogP contribution is 2.23. The molecule has 0 aliphatic heterocycles. The van der Waals surface area contributed by atoms with Crippen LogP contribution in [-0.2, 0) is 22.6 Å². The maximum absolute atomic E-state index is 12.0. The Hall–Kier alpha value is -3.06. The first-order chi connectivity index (χ1) is 11.2. The lowest BCUT2D eigenvalue weighted by Crippen LogP contribution is -2.07. The van der Waals surface area contributed by atoms with Crippen LogP contribution in [0.2, 0.25) is 0 Å². The minimum absolute atomic E-state index is 0.156. The lowest BCUT2D eigenvalue weighted by Gasteiger charge is -2.04. The first-order valence-electron chi connectivity index (χ1n) is 7.27. The second kappa shape index (κ2) is 6.37. The lowest BCUT2D eigenvalue weighted by atomic mass is 10.1. The Morgan fingerprint density at radius 3 is 2.96 bits per heavy atom. The molecule has 0 saturated heterocycles. The second-order valence-electron chi connectivity index (χ2n) is 5.41. The molecule has 23 heavy (non-hydrogen) atoms. The van der Waals surface area contributed by atoms with E-state index in [1.54, 1.807) is 24.5 Å². The van der Waals surface area contributed by atoms with Crippen molar-refractivity contribution in [3.05, 3.63) is 71.0 Å². The molecule has 3 rings (SSSR count). The number of carbonyl (C=O) groups excluding carboxylic acids is 1. The van der Waals surface area contributed by atoms with Crippen molar-refractivity contribution in [3.63, 3.8) is 0 Å². The summed E-state index contributed by atoms with van der Waals surface area (Å²) in [6, 6.07) is 15.0. The lowest BCUT2D eigenvalue weighted by molar-refractivity contribution is -0.144. The van der Waals surface area contributed by atoms with Gasteiger partial charge in [-0.25, -0.2) is 0 Å². The fraction of sp³-hybridized carbons (Fsp3) is 0.158. The number of aryl methyl sites for hydroxylation is 1. The fourth-order valence-electron chi connectivity index (χ4n) is 2.43. The largest absolute Gasteiger partial charge is 0.464 e. The van der Waals surface area contributed by atoms with Gasteiger partial charge in [0, 0.05) is 10.9 Å². The molecule has 0 atom stereocenters. The molecule has 4 nitrogen and oxygen atoms in total. The van der Waals surface area contributed by atoms with E-state index in [1.807, 2.05) is 31.2 Å². The van der Waals surface area contributed by atoms with Crippen molar-refractivity contribution in [1.29, 1.82) is 5.26 Å². The van der Waals surface area contributed by atoms with Gasteiger partial charge in [0.1, 0.15) is 12.2 Å². The molecule has 0 radical (unpaired) electrons. The van der Waals surface area contributed by atoms with Crippen molar-refractivity contribution in [1.82, 2.24) is 0 Å². The molecule has 0 aliphatic carbocycles. The summed E-state index contributed by atoms with van der Waals surface area (Å²) in [4.78, 5) is 12.0. The summed E-state index contributed by atoms with van der Waals surface area (Å²) in [7, 11) is 0. The number of hydrogen-bond acceptors (Lipinski definition) is 4. The third-order valence-electron chi connectivity index (χ3n) is 3.60. The predicted molar refractivity (Wildman–Crippen MR) is 85.6 cm³/mol. The van der Waals surface area contributed by atoms with Gasteiger partial charge in [0.15, 0.2) is 0 Å². The molecular formula is C19H15NO3. The van der Waals surface area contributed by atoms with E-state index in [0.29, 0.717) is 5.56 Å². The van der Waals surface area contributed by atoms with Crippen LogP contribution in [-0.4, -0.2) is 5.97 Å². The number of benzene rings is 2. The van der Waals surface area contributed by atoms with Gasteiger partial charge in [0.05, 0.1) is 24.3 Å². The van der Waals surface area contributed by atoms with Gasteiger partial charge in [-0.1, -0.05) is 24.3 Å². The van der Waals surface area contributed by atoms with E-state index >= 15 is 0 Å².